The van der Waals surface area contributed by atoms with Crippen molar-refractivity contribution in [2.45, 2.75) is 12.1 Å². The average molecular weight is 621 g/mol. The molecular weight excluding hydrogens is 589 g/mol. The molecule has 1 saturated heterocycles. The van der Waals surface area contributed by atoms with Crippen molar-refractivity contribution >= 4 is 46.1 Å². The number of carbonyl (C=O) groups excluding carboxylic acids is 1. The second-order valence-corrected chi connectivity index (χ2v) is 11.5. The summed E-state index contributed by atoms with van der Waals surface area (Å²) in [7, 11) is 1.44. The van der Waals surface area contributed by atoms with Gasteiger partial charge in [-0.05, 0) is 48.4 Å². The molecule has 46 heavy (non-hydrogen) atoms. The quantitative estimate of drug-likeness (QED) is 0.137. The molecule has 0 radical (unpaired) electrons. The first-order valence-electron chi connectivity index (χ1n) is 15.2. The van der Waals surface area contributed by atoms with E-state index >= 15 is 0 Å². The predicted octanol–water partition coefficient (Wildman–Crippen LogP) is 7.83. The number of esters is 1. The number of thiocarbonyl (C=S) groups is 1. The van der Waals surface area contributed by atoms with Gasteiger partial charge in [0, 0.05) is 22.6 Å². The van der Waals surface area contributed by atoms with Crippen LogP contribution in [0.4, 0.5) is 17.1 Å². The molecule has 5 aromatic rings. The van der Waals surface area contributed by atoms with Crippen LogP contribution in [-0.4, -0.2) is 29.6 Å². The van der Waals surface area contributed by atoms with Crippen LogP contribution < -0.4 is 14.8 Å². The van der Waals surface area contributed by atoms with Crippen LogP contribution in [0.1, 0.15) is 11.1 Å². The molecule has 1 fully saturated rings. The van der Waals surface area contributed by atoms with Gasteiger partial charge in [-0.1, -0.05) is 134 Å². The fourth-order valence-electron chi connectivity index (χ4n) is 6.44. The Morgan fingerprint density at radius 3 is 1.80 bits per heavy atom. The number of amidine groups is 1. The van der Waals surface area contributed by atoms with Gasteiger partial charge in [-0.3, -0.25) is 9.69 Å². The second-order valence-electron chi connectivity index (χ2n) is 11.1. The largest absolute Gasteiger partial charge is 0.468 e. The molecule has 0 unspecified atom stereocenters. The molecule has 0 aliphatic carbocycles. The number of carbonyl (C=O) groups is 1. The normalized spacial score (nSPS) is 20.0. The summed E-state index contributed by atoms with van der Waals surface area (Å²) in [6.07, 6.45) is 2.70. The SMILES string of the molecule is COC(=O)[C@@H]1/C(=C\Cc2ccccc2)N(c2ccccc2)C(=S)[C@@]12N(c1ccccc1)N=C(c1ccccc1)N2c1ccccc1. The molecule has 0 saturated carbocycles. The monoisotopic (exact) mass is 620 g/mol. The highest BCUT2D eigenvalue weighted by Gasteiger charge is 2.68. The molecule has 0 aromatic heterocycles. The van der Waals surface area contributed by atoms with E-state index < -0.39 is 17.6 Å². The molecule has 7 rings (SSSR count). The first kappa shape index (κ1) is 29.2. The van der Waals surface area contributed by atoms with E-state index in [0.717, 1.165) is 33.9 Å². The molecule has 6 nitrogen and oxygen atoms in total. The summed E-state index contributed by atoms with van der Waals surface area (Å²) in [6, 6.07) is 50.1. The van der Waals surface area contributed by atoms with Crippen LogP contribution >= 0.6 is 12.2 Å². The number of nitrogens with zero attached hydrogens (tertiary/aromatic N) is 4. The summed E-state index contributed by atoms with van der Waals surface area (Å²) >= 11 is 6.62. The fourth-order valence-corrected chi connectivity index (χ4v) is 6.94. The van der Waals surface area contributed by atoms with Crippen LogP contribution in [0.2, 0.25) is 0 Å². The second kappa shape index (κ2) is 12.5. The maximum Gasteiger partial charge on any atom is 0.319 e. The molecule has 2 heterocycles. The maximum atomic E-state index is 14.5. The van der Waals surface area contributed by atoms with E-state index in [1.807, 2.05) is 149 Å². The van der Waals surface area contributed by atoms with E-state index in [1.54, 1.807) is 0 Å². The van der Waals surface area contributed by atoms with Gasteiger partial charge in [0.25, 0.3) is 0 Å². The number of hydrogen-bond acceptors (Lipinski definition) is 6. The van der Waals surface area contributed by atoms with Crippen molar-refractivity contribution in [1.82, 2.24) is 0 Å². The molecule has 7 heteroatoms. The Bertz CT molecular complexity index is 1900. The molecule has 2 aliphatic heterocycles. The van der Waals surface area contributed by atoms with Gasteiger partial charge in [0.05, 0.1) is 12.8 Å². The smallest absolute Gasteiger partial charge is 0.319 e. The van der Waals surface area contributed by atoms with Crippen LogP contribution in [0.25, 0.3) is 0 Å². The number of methoxy groups -OCH3 is 1. The van der Waals surface area contributed by atoms with E-state index in [-0.39, 0.29) is 0 Å². The number of para-hydroxylation sites is 3. The minimum Gasteiger partial charge on any atom is -0.468 e. The zero-order chi connectivity index (χ0) is 31.5. The third-order valence-electron chi connectivity index (χ3n) is 8.43. The van der Waals surface area contributed by atoms with Crippen LogP contribution in [0, 0.1) is 5.92 Å². The molecule has 1 spiro atoms. The number of hydrogen-bond donors (Lipinski definition) is 0. The van der Waals surface area contributed by atoms with Crippen molar-refractivity contribution in [3.05, 3.63) is 175 Å². The van der Waals surface area contributed by atoms with Gasteiger partial charge in [0.1, 0.15) is 10.9 Å². The summed E-state index contributed by atoms with van der Waals surface area (Å²) in [5.74, 6) is -0.630. The lowest BCUT2D eigenvalue weighted by Crippen LogP contribution is -2.65. The van der Waals surface area contributed by atoms with Crippen LogP contribution in [0.5, 0.6) is 0 Å². The van der Waals surface area contributed by atoms with Crippen molar-refractivity contribution in [2.75, 3.05) is 21.9 Å². The summed E-state index contributed by atoms with van der Waals surface area (Å²) in [6.45, 7) is 0. The van der Waals surface area contributed by atoms with Gasteiger partial charge in [-0.25, -0.2) is 5.01 Å². The van der Waals surface area contributed by atoms with Gasteiger partial charge < -0.3 is 9.64 Å². The standard InChI is InChI=1S/C39H32N4O2S/c1-45-37(44)35-34(28-27-29-17-7-2-8-18-29)41(31-21-11-4-12-22-31)38(46)39(35)42(32-23-13-5-14-24-32)36(30-19-9-3-10-20-30)40-43(39)33-25-15-6-16-26-33/h2-26,28,35H,27H2,1H3/b34-28+/t35-,39-/m0/s1. The molecule has 0 amide bonds. The van der Waals surface area contributed by atoms with Gasteiger partial charge >= 0.3 is 5.97 Å². The highest BCUT2D eigenvalue weighted by Crippen LogP contribution is 2.53. The maximum absolute atomic E-state index is 14.5. The minimum absolute atomic E-state index is 0.411. The predicted molar refractivity (Wildman–Crippen MR) is 189 cm³/mol. The Hall–Kier alpha value is -5.53. The number of anilines is 3. The van der Waals surface area contributed by atoms with Crippen molar-refractivity contribution < 1.29 is 9.53 Å². The van der Waals surface area contributed by atoms with Crippen molar-refractivity contribution in [3.63, 3.8) is 0 Å². The Morgan fingerprint density at radius 2 is 1.24 bits per heavy atom. The van der Waals surface area contributed by atoms with Crippen molar-refractivity contribution in [1.29, 1.82) is 0 Å². The number of hydrazone groups is 1. The van der Waals surface area contributed by atoms with Crippen molar-refractivity contribution in [3.8, 4) is 0 Å². The van der Waals surface area contributed by atoms with E-state index in [1.165, 1.54) is 7.11 Å². The van der Waals surface area contributed by atoms with Crippen molar-refractivity contribution in [2.24, 2.45) is 11.0 Å². The molecule has 5 aromatic carbocycles. The number of rotatable bonds is 7. The lowest BCUT2D eigenvalue weighted by molar-refractivity contribution is -0.145. The van der Waals surface area contributed by atoms with E-state index in [2.05, 4.69) is 23.1 Å². The Morgan fingerprint density at radius 1 is 0.739 bits per heavy atom. The van der Waals surface area contributed by atoms with Crippen LogP contribution in [0.15, 0.2) is 169 Å². The lowest BCUT2D eigenvalue weighted by Gasteiger charge is -2.44. The highest BCUT2D eigenvalue weighted by atomic mass is 32.1. The Labute approximate surface area is 274 Å². The third-order valence-corrected chi connectivity index (χ3v) is 8.92. The number of allylic oxidation sites excluding steroid dienone is 1. The summed E-state index contributed by atoms with van der Waals surface area (Å²) in [5.41, 5.74) is 3.91. The molecule has 0 N–H and O–H groups in total. The van der Waals surface area contributed by atoms with Gasteiger partial charge in [-0.2, -0.15) is 5.10 Å². The first-order valence-corrected chi connectivity index (χ1v) is 15.6. The molecule has 2 aliphatic rings. The Kier molecular flexibility index (Phi) is 7.91. The first-order chi connectivity index (χ1) is 22.6. The summed E-state index contributed by atoms with van der Waals surface area (Å²) in [5, 5.41) is 7.27. The highest BCUT2D eigenvalue weighted by molar-refractivity contribution is 7.81. The zero-order valence-electron chi connectivity index (χ0n) is 25.3. The summed E-state index contributed by atoms with van der Waals surface area (Å²) < 4.78 is 5.67. The molecule has 2 atom stereocenters. The average Bonchev–Trinajstić information content (AvgIpc) is 3.61. The minimum atomic E-state index is -1.32. The summed E-state index contributed by atoms with van der Waals surface area (Å²) in [4.78, 5) is 19.1. The third kappa shape index (κ3) is 4.86. The van der Waals surface area contributed by atoms with E-state index in [0.29, 0.717) is 17.2 Å². The van der Waals surface area contributed by atoms with E-state index in [4.69, 9.17) is 22.1 Å². The van der Waals surface area contributed by atoms with Crippen LogP contribution in [0.3, 0.4) is 0 Å². The number of ether oxygens (including phenoxy) is 1. The molecule has 0 bridgehead atoms. The van der Waals surface area contributed by atoms with Gasteiger partial charge in [0.2, 0.25) is 5.66 Å². The van der Waals surface area contributed by atoms with Gasteiger partial charge in [-0.15, -0.1) is 0 Å². The Balaban J connectivity index is 1.56. The number of benzene rings is 5. The van der Waals surface area contributed by atoms with Crippen LogP contribution in [-0.2, 0) is 16.0 Å². The van der Waals surface area contributed by atoms with Gasteiger partial charge in [0.15, 0.2) is 5.84 Å². The molecular formula is C39H32N4O2S. The topological polar surface area (TPSA) is 48.4 Å². The zero-order valence-corrected chi connectivity index (χ0v) is 26.1. The lowest BCUT2D eigenvalue weighted by atomic mass is 9.88. The van der Waals surface area contributed by atoms with E-state index in [9.17, 15) is 4.79 Å². The fraction of sp³-hybridized carbons (Fsp3) is 0.103. The molecule has 226 valence electrons.